The third kappa shape index (κ3) is 4.11. The second kappa shape index (κ2) is 8.22. The van der Waals surface area contributed by atoms with Crippen molar-refractivity contribution in [3.05, 3.63) is 47.1 Å². The Morgan fingerprint density at radius 3 is 2.59 bits per heavy atom. The zero-order chi connectivity index (χ0) is 19.4. The number of carbonyl (C=O) groups excluding carboxylic acids is 1. The lowest BCUT2D eigenvalue weighted by Gasteiger charge is -2.17. The van der Waals surface area contributed by atoms with Gasteiger partial charge >= 0.3 is 5.69 Å². The van der Waals surface area contributed by atoms with Crippen molar-refractivity contribution in [2.45, 2.75) is 26.9 Å². The molecule has 0 atom stereocenters. The van der Waals surface area contributed by atoms with Crippen LogP contribution >= 0.6 is 0 Å². The van der Waals surface area contributed by atoms with Gasteiger partial charge in [0.15, 0.2) is 0 Å². The quantitative estimate of drug-likeness (QED) is 0.652. The third-order valence-electron chi connectivity index (χ3n) is 4.81. The maximum atomic E-state index is 12.4. The fourth-order valence-corrected chi connectivity index (χ4v) is 3.19. The van der Waals surface area contributed by atoms with Gasteiger partial charge in [0.1, 0.15) is 6.54 Å². The van der Waals surface area contributed by atoms with Crippen LogP contribution in [0.1, 0.15) is 13.8 Å². The molecule has 8 nitrogen and oxygen atoms in total. The van der Waals surface area contributed by atoms with E-state index in [9.17, 15) is 9.59 Å². The van der Waals surface area contributed by atoms with Gasteiger partial charge in [-0.05, 0) is 25.2 Å². The van der Waals surface area contributed by atoms with Crippen molar-refractivity contribution < 1.29 is 4.79 Å². The molecule has 1 N–H and O–H groups in total. The number of aromatic nitrogens is 4. The molecule has 144 valence electrons. The largest absolute Gasteiger partial charge is 0.329 e. The van der Waals surface area contributed by atoms with Crippen LogP contribution in [0.4, 0.5) is 5.69 Å². The Labute approximate surface area is 158 Å². The molecule has 0 aliphatic heterocycles. The van der Waals surface area contributed by atoms with Crippen molar-refractivity contribution in [2.75, 3.05) is 25.0 Å². The Morgan fingerprint density at radius 1 is 1.19 bits per heavy atom. The van der Waals surface area contributed by atoms with Crippen LogP contribution in [-0.4, -0.2) is 49.4 Å². The standard InChI is InChI=1S/C19H26N6O2/c1-4-23(5-2)10-11-24-13-15(12-20-24)21-18(26)14-25-17-9-7-6-8-16(17)22(3)19(25)27/h6-9,12-13H,4-5,10-11,14H2,1-3H3,(H,21,26). The number of aryl methyl sites for hydroxylation is 1. The summed E-state index contributed by atoms with van der Waals surface area (Å²) in [5, 5.41) is 7.11. The molecule has 0 radical (unpaired) electrons. The molecule has 0 aliphatic carbocycles. The van der Waals surface area contributed by atoms with Crippen molar-refractivity contribution >= 4 is 22.6 Å². The molecule has 8 heteroatoms. The number of carbonyl (C=O) groups is 1. The van der Waals surface area contributed by atoms with Crippen LogP contribution in [0.5, 0.6) is 0 Å². The number of para-hydroxylation sites is 2. The Bertz CT molecular complexity index is 980. The zero-order valence-corrected chi connectivity index (χ0v) is 16.1. The number of benzene rings is 1. The second-order valence-electron chi connectivity index (χ2n) is 6.48. The molecule has 0 saturated heterocycles. The monoisotopic (exact) mass is 370 g/mol. The van der Waals surface area contributed by atoms with E-state index in [2.05, 4.69) is 29.2 Å². The average Bonchev–Trinajstić information content (AvgIpc) is 3.21. The predicted molar refractivity (Wildman–Crippen MR) is 106 cm³/mol. The molecule has 0 bridgehead atoms. The van der Waals surface area contributed by atoms with Gasteiger partial charge in [0.05, 0.1) is 29.5 Å². The van der Waals surface area contributed by atoms with Crippen LogP contribution in [0.25, 0.3) is 11.0 Å². The fourth-order valence-electron chi connectivity index (χ4n) is 3.19. The average molecular weight is 370 g/mol. The Kier molecular flexibility index (Phi) is 5.75. The van der Waals surface area contributed by atoms with Gasteiger partial charge in [0.25, 0.3) is 0 Å². The maximum Gasteiger partial charge on any atom is 0.329 e. The normalized spacial score (nSPS) is 11.4. The summed E-state index contributed by atoms with van der Waals surface area (Å²) in [5.41, 5.74) is 1.98. The van der Waals surface area contributed by atoms with Crippen molar-refractivity contribution in [3.8, 4) is 0 Å². The summed E-state index contributed by atoms with van der Waals surface area (Å²) in [6, 6.07) is 7.44. The molecule has 2 heterocycles. The summed E-state index contributed by atoms with van der Waals surface area (Å²) in [6.07, 6.45) is 3.44. The van der Waals surface area contributed by atoms with Gasteiger partial charge in [-0.15, -0.1) is 0 Å². The van der Waals surface area contributed by atoms with Gasteiger partial charge in [-0.2, -0.15) is 5.10 Å². The number of hydrogen-bond donors (Lipinski definition) is 1. The topological polar surface area (TPSA) is 77.1 Å². The molecule has 27 heavy (non-hydrogen) atoms. The number of anilines is 1. The van der Waals surface area contributed by atoms with Gasteiger partial charge in [-0.1, -0.05) is 26.0 Å². The van der Waals surface area contributed by atoms with E-state index in [4.69, 9.17) is 0 Å². The predicted octanol–water partition coefficient (Wildman–Crippen LogP) is 1.52. The molecule has 1 amide bonds. The molecule has 1 aromatic carbocycles. The van der Waals surface area contributed by atoms with E-state index in [0.717, 1.165) is 37.2 Å². The molecule has 0 unspecified atom stereocenters. The summed E-state index contributed by atoms with van der Waals surface area (Å²) in [4.78, 5) is 27.2. The first kappa shape index (κ1) is 18.9. The summed E-state index contributed by atoms with van der Waals surface area (Å²) in [7, 11) is 1.71. The van der Waals surface area contributed by atoms with Crippen molar-refractivity contribution in [2.24, 2.45) is 7.05 Å². The highest BCUT2D eigenvalue weighted by Crippen LogP contribution is 2.12. The van der Waals surface area contributed by atoms with Crippen LogP contribution < -0.4 is 11.0 Å². The molecule has 0 fully saturated rings. The Hall–Kier alpha value is -2.87. The Morgan fingerprint density at radius 2 is 1.89 bits per heavy atom. The number of rotatable bonds is 8. The van der Waals surface area contributed by atoms with E-state index in [1.165, 1.54) is 4.57 Å². The molecule has 0 spiro atoms. The van der Waals surface area contributed by atoms with E-state index in [1.807, 2.05) is 35.1 Å². The van der Waals surface area contributed by atoms with Crippen LogP contribution in [0.2, 0.25) is 0 Å². The number of nitrogens with one attached hydrogen (secondary N) is 1. The molecular formula is C19H26N6O2. The van der Waals surface area contributed by atoms with E-state index < -0.39 is 0 Å². The lowest BCUT2D eigenvalue weighted by Crippen LogP contribution is -2.28. The smallest absolute Gasteiger partial charge is 0.322 e. The minimum Gasteiger partial charge on any atom is -0.322 e. The number of imidazole rings is 1. The number of likely N-dealkylation sites (N-methyl/N-ethyl adjacent to an activating group) is 1. The summed E-state index contributed by atoms with van der Waals surface area (Å²) >= 11 is 0. The van der Waals surface area contributed by atoms with Gasteiger partial charge in [-0.3, -0.25) is 18.6 Å². The van der Waals surface area contributed by atoms with E-state index in [-0.39, 0.29) is 18.1 Å². The third-order valence-corrected chi connectivity index (χ3v) is 4.81. The minimum absolute atomic E-state index is 0.0369. The van der Waals surface area contributed by atoms with Gasteiger partial charge < -0.3 is 10.2 Å². The number of amides is 1. The molecule has 0 aliphatic rings. The minimum atomic E-state index is -0.253. The lowest BCUT2D eigenvalue weighted by atomic mass is 10.3. The molecule has 3 aromatic rings. The van der Waals surface area contributed by atoms with E-state index in [1.54, 1.807) is 17.8 Å². The summed E-state index contributed by atoms with van der Waals surface area (Å²) in [6.45, 7) is 7.90. The maximum absolute atomic E-state index is 12.4. The molecule has 0 saturated carbocycles. The van der Waals surface area contributed by atoms with E-state index >= 15 is 0 Å². The number of fused-ring (bicyclic) bond motifs is 1. The first-order valence-electron chi connectivity index (χ1n) is 9.22. The fraction of sp³-hybridized carbons (Fsp3) is 0.421. The zero-order valence-electron chi connectivity index (χ0n) is 16.1. The highest BCUT2D eigenvalue weighted by Gasteiger charge is 2.13. The van der Waals surface area contributed by atoms with Gasteiger partial charge in [0.2, 0.25) is 5.91 Å². The summed E-state index contributed by atoms with van der Waals surface area (Å²) < 4.78 is 4.85. The highest BCUT2D eigenvalue weighted by molar-refractivity contribution is 5.91. The van der Waals surface area contributed by atoms with Crippen molar-refractivity contribution in [3.63, 3.8) is 0 Å². The van der Waals surface area contributed by atoms with Crippen LogP contribution in [0.15, 0.2) is 41.5 Å². The highest BCUT2D eigenvalue weighted by atomic mass is 16.2. The molecule has 3 rings (SSSR count). The van der Waals surface area contributed by atoms with Crippen LogP contribution in [0, 0.1) is 0 Å². The molecule has 2 aromatic heterocycles. The number of hydrogen-bond acceptors (Lipinski definition) is 4. The van der Waals surface area contributed by atoms with Crippen LogP contribution in [-0.2, 0) is 24.9 Å². The van der Waals surface area contributed by atoms with Crippen LogP contribution in [0.3, 0.4) is 0 Å². The van der Waals surface area contributed by atoms with Crippen molar-refractivity contribution in [1.29, 1.82) is 0 Å². The molecular weight excluding hydrogens is 344 g/mol. The van der Waals surface area contributed by atoms with E-state index in [0.29, 0.717) is 5.69 Å². The van der Waals surface area contributed by atoms with Gasteiger partial charge in [-0.25, -0.2) is 4.79 Å². The SMILES string of the molecule is CCN(CC)CCn1cc(NC(=O)Cn2c(=O)n(C)c3ccccc32)cn1. The second-order valence-corrected chi connectivity index (χ2v) is 6.48. The summed E-state index contributed by atoms with van der Waals surface area (Å²) in [5.74, 6) is -0.253. The first-order valence-corrected chi connectivity index (χ1v) is 9.22. The lowest BCUT2D eigenvalue weighted by molar-refractivity contribution is -0.116. The van der Waals surface area contributed by atoms with Gasteiger partial charge in [0, 0.05) is 19.8 Å². The number of nitrogens with zero attached hydrogens (tertiary/aromatic N) is 5. The Balaban J connectivity index is 1.66. The first-order chi connectivity index (χ1) is 13.0. The van der Waals surface area contributed by atoms with Crippen molar-refractivity contribution in [1.82, 2.24) is 23.8 Å².